The molecular formula is C14H19NO. The van der Waals surface area contributed by atoms with Gasteiger partial charge >= 0.3 is 0 Å². The van der Waals surface area contributed by atoms with Crippen molar-refractivity contribution < 1.29 is 4.79 Å². The highest BCUT2D eigenvalue weighted by Crippen LogP contribution is 2.12. The van der Waals surface area contributed by atoms with Crippen LogP contribution in [-0.4, -0.2) is 5.91 Å². The molecule has 1 rings (SSSR count). The van der Waals surface area contributed by atoms with Crippen LogP contribution in [0.3, 0.4) is 0 Å². The minimum atomic E-state index is -0.0833. The molecule has 16 heavy (non-hydrogen) atoms. The van der Waals surface area contributed by atoms with Crippen LogP contribution in [0.2, 0.25) is 0 Å². The fourth-order valence-corrected chi connectivity index (χ4v) is 1.54. The van der Waals surface area contributed by atoms with Crippen molar-refractivity contribution in [1.29, 1.82) is 0 Å². The van der Waals surface area contributed by atoms with E-state index in [1.807, 2.05) is 12.1 Å². The van der Waals surface area contributed by atoms with Gasteiger partial charge in [-0.05, 0) is 24.0 Å². The maximum atomic E-state index is 10.9. The number of hydrogen-bond donors (Lipinski definition) is 1. The highest BCUT2D eigenvalue weighted by atomic mass is 16.1. The standard InChI is InChI=1S/C14H19NO/c1-4-5-6-13-7-9-14(10-8-13)11(2)15-12(3)16/h7-10H,2,4-6H2,1,3H3,(H,15,16). The van der Waals surface area contributed by atoms with Gasteiger partial charge in [-0.1, -0.05) is 44.2 Å². The molecule has 0 atom stereocenters. The first-order valence-corrected chi connectivity index (χ1v) is 5.69. The molecule has 0 aliphatic carbocycles. The molecule has 0 heterocycles. The highest BCUT2D eigenvalue weighted by Gasteiger charge is 2.00. The number of aryl methyl sites for hydroxylation is 1. The van der Waals surface area contributed by atoms with Crippen molar-refractivity contribution in [2.45, 2.75) is 33.1 Å². The number of hydrogen-bond acceptors (Lipinski definition) is 1. The lowest BCUT2D eigenvalue weighted by Crippen LogP contribution is -2.17. The molecule has 0 radical (unpaired) electrons. The first-order chi connectivity index (χ1) is 7.63. The number of benzene rings is 1. The molecule has 0 aromatic heterocycles. The zero-order valence-corrected chi connectivity index (χ0v) is 10.0. The topological polar surface area (TPSA) is 29.1 Å². The van der Waals surface area contributed by atoms with Gasteiger partial charge in [-0.2, -0.15) is 0 Å². The molecule has 0 unspecified atom stereocenters. The molecule has 2 nitrogen and oxygen atoms in total. The summed E-state index contributed by atoms with van der Waals surface area (Å²) in [6.07, 6.45) is 3.54. The van der Waals surface area contributed by atoms with Gasteiger partial charge in [-0.3, -0.25) is 4.79 Å². The summed E-state index contributed by atoms with van der Waals surface area (Å²) in [6.45, 7) is 7.50. The first-order valence-electron chi connectivity index (χ1n) is 5.69. The zero-order valence-electron chi connectivity index (χ0n) is 10.0. The normalized spacial score (nSPS) is 9.88. The smallest absolute Gasteiger partial charge is 0.221 e. The van der Waals surface area contributed by atoms with Gasteiger partial charge in [0.1, 0.15) is 0 Å². The fourth-order valence-electron chi connectivity index (χ4n) is 1.54. The quantitative estimate of drug-likeness (QED) is 0.806. The first kappa shape index (κ1) is 12.5. The third-order valence-corrected chi connectivity index (χ3v) is 2.45. The van der Waals surface area contributed by atoms with E-state index in [9.17, 15) is 4.79 Å². The van der Waals surface area contributed by atoms with E-state index in [0.717, 1.165) is 12.0 Å². The van der Waals surface area contributed by atoms with E-state index in [2.05, 4.69) is 31.0 Å². The summed E-state index contributed by atoms with van der Waals surface area (Å²) < 4.78 is 0. The lowest BCUT2D eigenvalue weighted by Gasteiger charge is -2.07. The molecule has 2 heteroatoms. The molecule has 0 aliphatic heterocycles. The monoisotopic (exact) mass is 217 g/mol. The molecule has 1 aromatic rings. The Bertz CT molecular complexity index is 365. The van der Waals surface area contributed by atoms with Crippen LogP contribution in [0.1, 0.15) is 37.8 Å². The Hall–Kier alpha value is -1.57. The van der Waals surface area contributed by atoms with Crippen LogP contribution in [0.15, 0.2) is 30.8 Å². The number of carbonyl (C=O) groups excluding carboxylic acids is 1. The van der Waals surface area contributed by atoms with Gasteiger partial charge in [-0.25, -0.2) is 0 Å². The van der Waals surface area contributed by atoms with Crippen LogP contribution in [0, 0.1) is 0 Å². The van der Waals surface area contributed by atoms with Crippen molar-refractivity contribution in [2.24, 2.45) is 0 Å². The molecule has 0 fully saturated rings. The van der Waals surface area contributed by atoms with E-state index >= 15 is 0 Å². The summed E-state index contributed by atoms with van der Waals surface area (Å²) in [5, 5.41) is 2.69. The Morgan fingerprint density at radius 1 is 1.31 bits per heavy atom. The third kappa shape index (κ3) is 3.89. The number of rotatable bonds is 5. The molecule has 1 N–H and O–H groups in total. The van der Waals surface area contributed by atoms with Gasteiger partial charge in [0.25, 0.3) is 0 Å². The molecule has 86 valence electrons. The molecular weight excluding hydrogens is 198 g/mol. The highest BCUT2D eigenvalue weighted by molar-refractivity contribution is 5.84. The van der Waals surface area contributed by atoms with E-state index in [1.165, 1.54) is 25.3 Å². The van der Waals surface area contributed by atoms with Crippen molar-refractivity contribution in [3.05, 3.63) is 42.0 Å². The number of carbonyl (C=O) groups is 1. The van der Waals surface area contributed by atoms with E-state index in [0.29, 0.717) is 5.70 Å². The Labute approximate surface area is 97.4 Å². The predicted octanol–water partition coefficient (Wildman–Crippen LogP) is 3.14. The third-order valence-electron chi connectivity index (χ3n) is 2.45. The Kier molecular flexibility index (Phi) is 4.77. The minimum Gasteiger partial charge on any atom is -0.326 e. The molecule has 0 aliphatic rings. The van der Waals surface area contributed by atoms with Crippen LogP contribution < -0.4 is 5.32 Å². The predicted molar refractivity (Wildman–Crippen MR) is 67.9 cm³/mol. The van der Waals surface area contributed by atoms with Gasteiger partial charge in [0.05, 0.1) is 0 Å². The van der Waals surface area contributed by atoms with E-state index in [4.69, 9.17) is 0 Å². The molecule has 0 spiro atoms. The van der Waals surface area contributed by atoms with Gasteiger partial charge in [0.2, 0.25) is 5.91 Å². The average Bonchev–Trinajstić information content (AvgIpc) is 2.26. The molecule has 0 saturated heterocycles. The lowest BCUT2D eigenvalue weighted by atomic mass is 10.1. The molecule has 0 bridgehead atoms. The molecule has 1 aromatic carbocycles. The average molecular weight is 217 g/mol. The number of nitrogens with one attached hydrogen (secondary N) is 1. The summed E-state index contributed by atoms with van der Waals surface area (Å²) in [6, 6.07) is 8.20. The van der Waals surface area contributed by atoms with Crippen LogP contribution in [-0.2, 0) is 11.2 Å². The van der Waals surface area contributed by atoms with Crippen molar-refractivity contribution in [3.8, 4) is 0 Å². The van der Waals surface area contributed by atoms with Crippen LogP contribution >= 0.6 is 0 Å². The molecule has 0 saturated carbocycles. The van der Waals surface area contributed by atoms with Crippen LogP contribution in [0.25, 0.3) is 5.70 Å². The SMILES string of the molecule is C=C(NC(C)=O)c1ccc(CCCC)cc1. The molecule has 1 amide bonds. The van der Waals surface area contributed by atoms with Crippen molar-refractivity contribution in [3.63, 3.8) is 0 Å². The van der Waals surface area contributed by atoms with E-state index < -0.39 is 0 Å². The van der Waals surface area contributed by atoms with Crippen LogP contribution in [0.5, 0.6) is 0 Å². The number of amides is 1. The maximum absolute atomic E-state index is 10.9. The largest absolute Gasteiger partial charge is 0.326 e. The summed E-state index contributed by atoms with van der Waals surface area (Å²) in [5.74, 6) is -0.0833. The second-order valence-electron chi connectivity index (χ2n) is 3.96. The number of unbranched alkanes of at least 4 members (excludes halogenated alkanes) is 1. The second kappa shape index (κ2) is 6.11. The summed E-state index contributed by atoms with van der Waals surface area (Å²) in [5.41, 5.74) is 2.96. The van der Waals surface area contributed by atoms with Gasteiger partial charge in [0.15, 0.2) is 0 Å². The maximum Gasteiger partial charge on any atom is 0.221 e. The van der Waals surface area contributed by atoms with Gasteiger partial charge in [0, 0.05) is 12.6 Å². The van der Waals surface area contributed by atoms with E-state index in [1.54, 1.807) is 0 Å². The fraction of sp³-hybridized carbons (Fsp3) is 0.357. The second-order valence-corrected chi connectivity index (χ2v) is 3.96. The minimum absolute atomic E-state index is 0.0833. The zero-order chi connectivity index (χ0) is 12.0. The summed E-state index contributed by atoms with van der Waals surface area (Å²) in [4.78, 5) is 10.9. The van der Waals surface area contributed by atoms with Crippen molar-refractivity contribution in [1.82, 2.24) is 5.32 Å². The van der Waals surface area contributed by atoms with Crippen molar-refractivity contribution in [2.75, 3.05) is 0 Å². The van der Waals surface area contributed by atoms with Crippen molar-refractivity contribution >= 4 is 11.6 Å². The Morgan fingerprint density at radius 3 is 2.44 bits per heavy atom. The van der Waals surface area contributed by atoms with Crippen LogP contribution in [0.4, 0.5) is 0 Å². The van der Waals surface area contributed by atoms with Gasteiger partial charge in [-0.15, -0.1) is 0 Å². The summed E-state index contributed by atoms with van der Waals surface area (Å²) in [7, 11) is 0. The lowest BCUT2D eigenvalue weighted by molar-refractivity contribution is -0.117. The van der Waals surface area contributed by atoms with Gasteiger partial charge < -0.3 is 5.32 Å². The Morgan fingerprint density at radius 2 is 1.94 bits per heavy atom. The van der Waals surface area contributed by atoms with E-state index in [-0.39, 0.29) is 5.91 Å². The summed E-state index contributed by atoms with van der Waals surface area (Å²) >= 11 is 0. The Balaban J connectivity index is 2.63.